The SMILES string of the molecule is COCCCC(CBr)C1CCS(=O)(=O)C1. The van der Waals surface area contributed by atoms with E-state index in [0.717, 1.165) is 31.2 Å². The summed E-state index contributed by atoms with van der Waals surface area (Å²) < 4.78 is 27.7. The molecule has 1 fully saturated rings. The number of hydrogen-bond acceptors (Lipinski definition) is 3. The summed E-state index contributed by atoms with van der Waals surface area (Å²) in [4.78, 5) is 0. The number of methoxy groups -OCH3 is 1. The molecule has 0 saturated carbocycles. The van der Waals surface area contributed by atoms with Gasteiger partial charge in [0.2, 0.25) is 0 Å². The van der Waals surface area contributed by atoms with E-state index in [2.05, 4.69) is 15.9 Å². The van der Waals surface area contributed by atoms with Crippen molar-refractivity contribution >= 4 is 25.8 Å². The molecule has 90 valence electrons. The number of alkyl halides is 1. The van der Waals surface area contributed by atoms with Crippen LogP contribution in [0, 0.1) is 11.8 Å². The van der Waals surface area contributed by atoms with Crippen LogP contribution in [0.25, 0.3) is 0 Å². The predicted molar refractivity (Wildman–Crippen MR) is 65.2 cm³/mol. The first-order valence-electron chi connectivity index (χ1n) is 5.34. The molecule has 0 amide bonds. The summed E-state index contributed by atoms with van der Waals surface area (Å²) in [5.74, 6) is 1.60. The lowest BCUT2D eigenvalue weighted by Crippen LogP contribution is -2.18. The normalized spacial score (nSPS) is 26.7. The number of rotatable bonds is 6. The quantitative estimate of drug-likeness (QED) is 0.555. The van der Waals surface area contributed by atoms with E-state index in [9.17, 15) is 8.42 Å². The molecule has 0 aromatic rings. The molecule has 15 heavy (non-hydrogen) atoms. The molecule has 1 aliphatic rings. The van der Waals surface area contributed by atoms with Gasteiger partial charge in [0, 0.05) is 19.0 Å². The van der Waals surface area contributed by atoms with Gasteiger partial charge in [-0.25, -0.2) is 8.42 Å². The van der Waals surface area contributed by atoms with Gasteiger partial charge < -0.3 is 4.74 Å². The summed E-state index contributed by atoms with van der Waals surface area (Å²) in [6.45, 7) is 0.767. The molecule has 0 aromatic heterocycles. The Bertz CT molecular complexity index is 276. The van der Waals surface area contributed by atoms with E-state index in [-0.39, 0.29) is 0 Å². The van der Waals surface area contributed by atoms with Gasteiger partial charge in [0.05, 0.1) is 11.5 Å². The fraction of sp³-hybridized carbons (Fsp3) is 1.00. The van der Waals surface area contributed by atoms with Crippen LogP contribution in [0.1, 0.15) is 19.3 Å². The van der Waals surface area contributed by atoms with Crippen molar-refractivity contribution in [2.45, 2.75) is 19.3 Å². The summed E-state index contributed by atoms with van der Waals surface area (Å²) in [6, 6.07) is 0. The maximum atomic E-state index is 11.4. The minimum absolute atomic E-state index is 0.353. The molecule has 2 unspecified atom stereocenters. The first-order chi connectivity index (χ1) is 7.09. The monoisotopic (exact) mass is 298 g/mol. The van der Waals surface area contributed by atoms with Crippen molar-refractivity contribution in [2.75, 3.05) is 30.6 Å². The first kappa shape index (κ1) is 13.5. The van der Waals surface area contributed by atoms with Crippen LogP contribution in [0.4, 0.5) is 0 Å². The Morgan fingerprint density at radius 3 is 2.73 bits per heavy atom. The maximum absolute atomic E-state index is 11.4. The van der Waals surface area contributed by atoms with E-state index >= 15 is 0 Å². The highest BCUT2D eigenvalue weighted by Gasteiger charge is 2.32. The predicted octanol–water partition coefficient (Wildman–Crippen LogP) is 1.86. The lowest BCUT2D eigenvalue weighted by Gasteiger charge is -2.19. The third-order valence-corrected chi connectivity index (χ3v) is 5.68. The highest BCUT2D eigenvalue weighted by molar-refractivity contribution is 9.09. The molecule has 1 saturated heterocycles. The molecule has 1 heterocycles. The van der Waals surface area contributed by atoms with E-state index in [1.807, 2.05) is 0 Å². The maximum Gasteiger partial charge on any atom is 0.150 e. The Hall–Kier alpha value is 0.390. The Kier molecular flexibility index (Phi) is 5.57. The van der Waals surface area contributed by atoms with Crippen molar-refractivity contribution in [3.8, 4) is 0 Å². The average molecular weight is 299 g/mol. The molecule has 2 atom stereocenters. The lowest BCUT2D eigenvalue weighted by atomic mass is 9.90. The summed E-state index contributed by atoms with van der Waals surface area (Å²) in [7, 11) is -1.04. The Labute approximate surface area is 101 Å². The van der Waals surface area contributed by atoms with Crippen LogP contribution in [0.15, 0.2) is 0 Å². The molecular weight excluding hydrogens is 280 g/mol. The van der Waals surface area contributed by atoms with Crippen molar-refractivity contribution in [3.05, 3.63) is 0 Å². The Morgan fingerprint density at radius 2 is 2.27 bits per heavy atom. The summed E-state index contributed by atoms with van der Waals surface area (Å²) in [5, 5.41) is 0.900. The van der Waals surface area contributed by atoms with Crippen molar-refractivity contribution in [1.82, 2.24) is 0 Å². The van der Waals surface area contributed by atoms with Crippen LogP contribution < -0.4 is 0 Å². The Balaban J connectivity index is 2.39. The van der Waals surface area contributed by atoms with Gasteiger partial charge in [-0.05, 0) is 31.1 Å². The van der Waals surface area contributed by atoms with E-state index in [1.165, 1.54) is 0 Å². The molecule has 0 aromatic carbocycles. The fourth-order valence-corrected chi connectivity index (χ4v) is 4.90. The minimum atomic E-state index is -2.73. The van der Waals surface area contributed by atoms with E-state index < -0.39 is 9.84 Å². The number of halogens is 1. The van der Waals surface area contributed by atoms with Crippen molar-refractivity contribution in [1.29, 1.82) is 0 Å². The second kappa shape index (κ2) is 6.21. The van der Waals surface area contributed by atoms with Crippen LogP contribution in [0.5, 0.6) is 0 Å². The zero-order valence-corrected chi connectivity index (χ0v) is 11.5. The summed E-state index contributed by atoms with van der Waals surface area (Å²) in [5.41, 5.74) is 0. The molecule has 3 nitrogen and oxygen atoms in total. The van der Waals surface area contributed by atoms with Gasteiger partial charge >= 0.3 is 0 Å². The van der Waals surface area contributed by atoms with Crippen LogP contribution in [0.2, 0.25) is 0 Å². The van der Waals surface area contributed by atoms with Crippen LogP contribution >= 0.6 is 15.9 Å². The largest absolute Gasteiger partial charge is 0.385 e. The smallest absolute Gasteiger partial charge is 0.150 e. The topological polar surface area (TPSA) is 43.4 Å². The molecule has 0 aliphatic carbocycles. The second-order valence-corrected chi connectivity index (χ2v) is 7.09. The first-order valence-corrected chi connectivity index (χ1v) is 8.28. The van der Waals surface area contributed by atoms with Gasteiger partial charge in [-0.15, -0.1) is 0 Å². The van der Waals surface area contributed by atoms with Crippen molar-refractivity contribution < 1.29 is 13.2 Å². The molecule has 0 N–H and O–H groups in total. The number of sulfone groups is 1. The highest BCUT2D eigenvalue weighted by Crippen LogP contribution is 2.30. The molecule has 1 aliphatic heterocycles. The van der Waals surface area contributed by atoms with Crippen LogP contribution in [-0.4, -0.2) is 39.0 Å². The zero-order chi connectivity index (χ0) is 11.3. The third-order valence-electron chi connectivity index (χ3n) is 3.06. The lowest BCUT2D eigenvalue weighted by molar-refractivity contribution is 0.183. The molecule has 0 spiro atoms. The van der Waals surface area contributed by atoms with E-state index in [1.54, 1.807) is 7.11 Å². The molecule has 0 bridgehead atoms. The van der Waals surface area contributed by atoms with Gasteiger partial charge in [-0.2, -0.15) is 0 Å². The highest BCUT2D eigenvalue weighted by atomic mass is 79.9. The van der Waals surface area contributed by atoms with Gasteiger partial charge in [0.25, 0.3) is 0 Å². The zero-order valence-electron chi connectivity index (χ0n) is 9.12. The fourth-order valence-electron chi connectivity index (χ4n) is 2.12. The standard InChI is InChI=1S/C10H19BrO3S/c1-14-5-2-3-9(7-11)10-4-6-15(12,13)8-10/h9-10H,2-8H2,1H3. The van der Waals surface area contributed by atoms with Crippen LogP contribution in [-0.2, 0) is 14.6 Å². The van der Waals surface area contributed by atoms with Crippen molar-refractivity contribution in [2.24, 2.45) is 11.8 Å². The minimum Gasteiger partial charge on any atom is -0.385 e. The molecule has 1 rings (SSSR count). The van der Waals surface area contributed by atoms with Gasteiger partial charge in [-0.1, -0.05) is 15.9 Å². The number of ether oxygens (including phenoxy) is 1. The average Bonchev–Trinajstić information content (AvgIpc) is 2.54. The summed E-state index contributed by atoms with van der Waals surface area (Å²) in [6.07, 6.45) is 2.91. The Morgan fingerprint density at radius 1 is 1.53 bits per heavy atom. The van der Waals surface area contributed by atoms with Crippen LogP contribution in [0.3, 0.4) is 0 Å². The second-order valence-electron chi connectivity index (χ2n) is 4.21. The molecule has 0 radical (unpaired) electrons. The van der Waals surface area contributed by atoms with Crippen molar-refractivity contribution in [3.63, 3.8) is 0 Å². The molecule has 5 heteroatoms. The molecular formula is C10H19BrO3S. The summed E-state index contributed by atoms with van der Waals surface area (Å²) >= 11 is 3.48. The third kappa shape index (κ3) is 4.41. The van der Waals surface area contributed by atoms with Gasteiger partial charge in [0.15, 0.2) is 9.84 Å². The van der Waals surface area contributed by atoms with Gasteiger partial charge in [0.1, 0.15) is 0 Å². The number of hydrogen-bond donors (Lipinski definition) is 0. The van der Waals surface area contributed by atoms with Gasteiger partial charge in [-0.3, -0.25) is 0 Å². The van der Waals surface area contributed by atoms with E-state index in [4.69, 9.17) is 4.74 Å². The van der Waals surface area contributed by atoms with E-state index in [0.29, 0.717) is 23.3 Å².